The number of aromatic nitrogens is 1. The Hall–Kier alpha value is -2.22. The lowest BCUT2D eigenvalue weighted by molar-refractivity contribution is 0.346. The lowest BCUT2D eigenvalue weighted by Gasteiger charge is -2.25. The summed E-state index contributed by atoms with van der Waals surface area (Å²) < 4.78 is 29.8. The largest absolute Gasteiger partial charge is 0.316 e. The molecule has 31 heavy (non-hydrogen) atoms. The molecule has 0 bridgehead atoms. The lowest BCUT2D eigenvalue weighted by Crippen LogP contribution is -2.35. The zero-order chi connectivity index (χ0) is 21.7. The van der Waals surface area contributed by atoms with Crippen molar-refractivity contribution in [2.45, 2.75) is 50.5 Å². The molecule has 4 rings (SSSR count). The third kappa shape index (κ3) is 5.00. The Morgan fingerprint density at radius 3 is 2.35 bits per heavy atom. The van der Waals surface area contributed by atoms with Gasteiger partial charge in [-0.2, -0.15) is 4.31 Å². The van der Waals surface area contributed by atoms with E-state index >= 15 is 0 Å². The second kappa shape index (κ2) is 9.94. The van der Waals surface area contributed by atoms with E-state index < -0.39 is 10.0 Å². The Morgan fingerprint density at radius 1 is 0.968 bits per heavy atom. The Morgan fingerprint density at radius 2 is 1.68 bits per heavy atom. The summed E-state index contributed by atoms with van der Waals surface area (Å²) in [5, 5.41) is 2.12. The van der Waals surface area contributed by atoms with Crippen molar-refractivity contribution in [1.29, 1.82) is 0 Å². The first kappa shape index (κ1) is 22.0. The van der Waals surface area contributed by atoms with Gasteiger partial charge < -0.3 is 4.57 Å². The van der Waals surface area contributed by atoms with Gasteiger partial charge in [-0.15, -0.1) is 11.3 Å². The van der Waals surface area contributed by atoms with Crippen LogP contribution in [0.2, 0.25) is 0 Å². The highest BCUT2D eigenvalue weighted by atomic mass is 32.2. The molecule has 1 aliphatic rings. The minimum absolute atomic E-state index is 0.377. The highest BCUT2D eigenvalue weighted by Gasteiger charge is 2.25. The van der Waals surface area contributed by atoms with Gasteiger partial charge >= 0.3 is 0 Å². The summed E-state index contributed by atoms with van der Waals surface area (Å²) in [7, 11) is -3.41. The Labute approximate surface area is 188 Å². The zero-order valence-electron chi connectivity index (χ0n) is 17.9. The van der Waals surface area contributed by atoms with Crippen LogP contribution in [0.1, 0.15) is 39.0 Å². The van der Waals surface area contributed by atoms with Crippen molar-refractivity contribution in [3.8, 4) is 11.3 Å². The van der Waals surface area contributed by atoms with Crippen molar-refractivity contribution in [2.75, 3.05) is 13.1 Å². The number of piperidine rings is 1. The van der Waals surface area contributed by atoms with Crippen LogP contribution in [-0.4, -0.2) is 30.4 Å². The first-order valence-corrected chi connectivity index (χ1v) is 13.3. The van der Waals surface area contributed by atoms with Crippen LogP contribution in [0.3, 0.4) is 0 Å². The summed E-state index contributed by atoms with van der Waals surface area (Å²) in [5.41, 5.74) is 3.03. The number of hydrogen-bond acceptors (Lipinski definition) is 4. The Balaban J connectivity index is 1.67. The van der Waals surface area contributed by atoms with E-state index in [1.54, 1.807) is 27.8 Å². The fourth-order valence-corrected chi connectivity index (χ4v) is 6.32. The van der Waals surface area contributed by atoms with Gasteiger partial charge in [-0.25, -0.2) is 13.4 Å². The van der Waals surface area contributed by atoms with Gasteiger partial charge in [0.15, 0.2) is 4.80 Å². The second-order valence-corrected chi connectivity index (χ2v) is 10.6. The summed E-state index contributed by atoms with van der Waals surface area (Å²) in [6, 6.07) is 17.3. The van der Waals surface area contributed by atoms with Crippen molar-refractivity contribution in [2.24, 2.45) is 4.99 Å². The summed E-state index contributed by atoms with van der Waals surface area (Å²) in [6.45, 7) is 4.31. The molecule has 1 aliphatic heterocycles. The molecule has 0 N–H and O–H groups in total. The van der Waals surface area contributed by atoms with Gasteiger partial charge in [0.25, 0.3) is 0 Å². The molecule has 0 spiro atoms. The van der Waals surface area contributed by atoms with Gasteiger partial charge in [-0.05, 0) is 49.1 Å². The quantitative estimate of drug-likeness (QED) is 0.477. The molecule has 0 radical (unpaired) electrons. The van der Waals surface area contributed by atoms with Gasteiger partial charge in [-0.1, -0.05) is 50.1 Å². The van der Waals surface area contributed by atoms with Crippen molar-refractivity contribution in [3.05, 3.63) is 64.8 Å². The van der Waals surface area contributed by atoms with E-state index in [2.05, 4.69) is 16.9 Å². The molecule has 1 aromatic heterocycles. The maximum Gasteiger partial charge on any atom is 0.243 e. The van der Waals surface area contributed by atoms with Gasteiger partial charge in [0, 0.05) is 25.0 Å². The number of nitrogens with zero attached hydrogens (tertiary/aromatic N) is 3. The number of benzene rings is 2. The van der Waals surface area contributed by atoms with E-state index in [-0.39, 0.29) is 0 Å². The van der Waals surface area contributed by atoms with E-state index in [4.69, 9.17) is 4.99 Å². The topological polar surface area (TPSA) is 54.7 Å². The molecule has 1 fully saturated rings. The van der Waals surface area contributed by atoms with Crippen molar-refractivity contribution < 1.29 is 8.42 Å². The fourth-order valence-electron chi connectivity index (χ4n) is 3.85. The van der Waals surface area contributed by atoms with E-state index in [1.807, 2.05) is 42.5 Å². The Kier molecular flexibility index (Phi) is 7.05. The smallest absolute Gasteiger partial charge is 0.243 e. The van der Waals surface area contributed by atoms with Crippen LogP contribution < -0.4 is 4.80 Å². The minimum atomic E-state index is -3.41. The van der Waals surface area contributed by atoms with Gasteiger partial charge in [-0.3, -0.25) is 0 Å². The molecule has 7 heteroatoms. The van der Waals surface area contributed by atoms with Gasteiger partial charge in [0.1, 0.15) is 0 Å². The van der Waals surface area contributed by atoms with Gasteiger partial charge in [0.05, 0.1) is 16.3 Å². The van der Waals surface area contributed by atoms with E-state index in [9.17, 15) is 8.42 Å². The number of thiazole rings is 1. The van der Waals surface area contributed by atoms with E-state index in [1.165, 1.54) is 0 Å². The van der Waals surface area contributed by atoms with Gasteiger partial charge in [0.2, 0.25) is 10.0 Å². The molecule has 2 aromatic carbocycles. The van der Waals surface area contributed by atoms with Crippen molar-refractivity contribution in [1.82, 2.24) is 8.87 Å². The molecule has 1 saturated heterocycles. The molecule has 0 unspecified atom stereocenters. The van der Waals surface area contributed by atoms with Crippen LogP contribution in [0.25, 0.3) is 11.3 Å². The number of para-hydroxylation sites is 1. The van der Waals surface area contributed by atoms with Crippen molar-refractivity contribution in [3.63, 3.8) is 0 Å². The molecule has 0 amide bonds. The monoisotopic (exact) mass is 455 g/mol. The standard InChI is InChI=1S/C24H29N3O2S2/c1-2-3-18-27-23(19-30-24(27)25-21-10-6-4-7-11-21)20-12-14-22(15-13-20)31(28,29)26-16-8-5-9-17-26/h4,6-7,10-15,19H,2-3,5,8-9,16-18H2,1H3. The molecule has 0 saturated carbocycles. The lowest BCUT2D eigenvalue weighted by atomic mass is 10.1. The predicted molar refractivity (Wildman–Crippen MR) is 127 cm³/mol. The number of sulfonamides is 1. The number of rotatable bonds is 7. The fraction of sp³-hybridized carbons (Fsp3) is 0.375. The van der Waals surface area contributed by atoms with Crippen LogP contribution in [0.4, 0.5) is 5.69 Å². The summed E-state index contributed by atoms with van der Waals surface area (Å²) in [5.74, 6) is 0. The Bertz CT molecular complexity index is 1160. The molecule has 5 nitrogen and oxygen atoms in total. The summed E-state index contributed by atoms with van der Waals surface area (Å²) in [4.78, 5) is 6.17. The first-order chi connectivity index (χ1) is 15.1. The predicted octanol–water partition coefficient (Wildman–Crippen LogP) is 5.42. The molecule has 0 aliphatic carbocycles. The van der Waals surface area contributed by atoms with Crippen LogP contribution in [0, 0.1) is 0 Å². The normalized spacial score (nSPS) is 16.0. The first-order valence-electron chi connectivity index (χ1n) is 11.0. The average Bonchev–Trinajstić information content (AvgIpc) is 3.21. The maximum atomic E-state index is 13.0. The second-order valence-electron chi connectivity index (χ2n) is 7.85. The molecule has 2 heterocycles. The highest BCUT2D eigenvalue weighted by Crippen LogP contribution is 2.26. The van der Waals surface area contributed by atoms with E-state index in [0.717, 1.165) is 60.4 Å². The molecule has 3 aromatic rings. The molecular weight excluding hydrogens is 426 g/mol. The van der Waals surface area contributed by atoms with Crippen LogP contribution in [0.15, 0.2) is 69.9 Å². The SMILES string of the molecule is CCCCn1c(-c2ccc(S(=O)(=O)N3CCCCC3)cc2)csc1=Nc1ccccc1. The molecule has 0 atom stereocenters. The van der Waals surface area contributed by atoms with E-state index in [0.29, 0.717) is 18.0 Å². The summed E-state index contributed by atoms with van der Waals surface area (Å²) in [6.07, 6.45) is 5.15. The molecule has 164 valence electrons. The van der Waals surface area contributed by atoms with Crippen LogP contribution in [-0.2, 0) is 16.6 Å². The highest BCUT2D eigenvalue weighted by molar-refractivity contribution is 7.89. The molecular formula is C24H29N3O2S2. The minimum Gasteiger partial charge on any atom is -0.316 e. The van der Waals surface area contributed by atoms with Crippen molar-refractivity contribution >= 4 is 27.0 Å². The third-order valence-corrected chi connectivity index (χ3v) is 8.39. The average molecular weight is 456 g/mol. The van der Waals surface area contributed by atoms with Crippen LogP contribution >= 0.6 is 11.3 Å². The zero-order valence-corrected chi connectivity index (χ0v) is 19.5. The number of unbranched alkanes of at least 4 members (excludes halogenated alkanes) is 1. The van der Waals surface area contributed by atoms with Crippen LogP contribution in [0.5, 0.6) is 0 Å². The number of hydrogen-bond donors (Lipinski definition) is 0. The third-order valence-electron chi connectivity index (χ3n) is 5.62. The summed E-state index contributed by atoms with van der Waals surface area (Å²) >= 11 is 1.62. The maximum absolute atomic E-state index is 13.0.